The van der Waals surface area contributed by atoms with Gasteiger partial charge in [-0.25, -0.2) is 19.9 Å². The van der Waals surface area contributed by atoms with E-state index < -0.39 is 0 Å². The summed E-state index contributed by atoms with van der Waals surface area (Å²) in [7, 11) is 0. The summed E-state index contributed by atoms with van der Waals surface area (Å²) in [4.78, 5) is 20.3. The Morgan fingerprint density at radius 2 is 1.07 bits per heavy atom. The first-order chi connectivity index (χ1) is 27.7. The van der Waals surface area contributed by atoms with Crippen LogP contribution in [0.3, 0.4) is 0 Å². The summed E-state index contributed by atoms with van der Waals surface area (Å²) in [6.45, 7) is 0. The summed E-state index contributed by atoms with van der Waals surface area (Å²) in [5.74, 6) is 1.46. The molecular formula is C51H39N5. The maximum atomic E-state index is 10.5. The van der Waals surface area contributed by atoms with Gasteiger partial charge in [-0.1, -0.05) is 134 Å². The van der Waals surface area contributed by atoms with Gasteiger partial charge in [-0.2, -0.15) is 5.26 Å². The van der Waals surface area contributed by atoms with Crippen molar-refractivity contribution in [1.82, 2.24) is 19.9 Å². The highest BCUT2D eigenvalue weighted by Gasteiger charge is 2.18. The van der Waals surface area contributed by atoms with Crippen LogP contribution in [0.4, 0.5) is 0 Å². The number of benzene rings is 4. The molecule has 2 heterocycles. The zero-order valence-corrected chi connectivity index (χ0v) is 31.1. The van der Waals surface area contributed by atoms with E-state index in [0.717, 1.165) is 123 Å². The third-order valence-corrected chi connectivity index (χ3v) is 10.5. The Balaban J connectivity index is 1.15. The first-order valence-electron chi connectivity index (χ1n) is 19.4. The molecule has 3 aliphatic carbocycles. The minimum atomic E-state index is 0.607. The SMILES string of the molecule is N#Cc1cccc(-c2cccc(-c3cc(C4=CCCC=C4)nc(C4=CC=CCC4)n3)c2)c1-c1cccc(-c2cc(C3=CCCC=C3)nc(-c3ccccc3)n2)c1. The Morgan fingerprint density at radius 1 is 0.482 bits per heavy atom. The fourth-order valence-corrected chi connectivity index (χ4v) is 7.62. The van der Waals surface area contributed by atoms with Gasteiger partial charge in [-0.05, 0) is 102 Å². The average molecular weight is 722 g/mol. The Hall–Kier alpha value is -7.03. The highest BCUT2D eigenvalue weighted by atomic mass is 14.9. The van der Waals surface area contributed by atoms with E-state index in [9.17, 15) is 5.26 Å². The second kappa shape index (κ2) is 15.8. The number of hydrogen-bond donors (Lipinski definition) is 0. The maximum Gasteiger partial charge on any atom is 0.160 e. The van der Waals surface area contributed by atoms with Crippen LogP contribution in [0.5, 0.6) is 0 Å². The molecule has 268 valence electrons. The second-order valence-electron chi connectivity index (χ2n) is 14.2. The zero-order valence-electron chi connectivity index (χ0n) is 31.1. The van der Waals surface area contributed by atoms with Gasteiger partial charge >= 0.3 is 0 Å². The predicted molar refractivity (Wildman–Crippen MR) is 229 cm³/mol. The number of nitrogens with zero attached hydrogens (tertiary/aromatic N) is 5. The predicted octanol–water partition coefficient (Wildman–Crippen LogP) is 12.7. The van der Waals surface area contributed by atoms with E-state index in [4.69, 9.17) is 19.9 Å². The Kier molecular flexibility index (Phi) is 9.77. The molecular weight excluding hydrogens is 683 g/mol. The van der Waals surface area contributed by atoms with Gasteiger partial charge in [0.1, 0.15) is 0 Å². The molecule has 0 saturated carbocycles. The van der Waals surface area contributed by atoms with Crippen molar-refractivity contribution in [1.29, 1.82) is 5.26 Å². The number of aromatic nitrogens is 4. The van der Waals surface area contributed by atoms with Crippen LogP contribution in [-0.4, -0.2) is 19.9 Å². The van der Waals surface area contributed by atoms with E-state index in [-0.39, 0.29) is 0 Å². The molecule has 3 aliphatic rings. The van der Waals surface area contributed by atoms with Gasteiger partial charge in [0.05, 0.1) is 34.4 Å². The van der Waals surface area contributed by atoms with Gasteiger partial charge in [-0.15, -0.1) is 0 Å². The molecule has 0 N–H and O–H groups in total. The summed E-state index contributed by atoms with van der Waals surface area (Å²) < 4.78 is 0. The lowest BCUT2D eigenvalue weighted by Gasteiger charge is -2.16. The molecule has 0 aliphatic heterocycles. The van der Waals surface area contributed by atoms with Crippen LogP contribution in [-0.2, 0) is 0 Å². The quantitative estimate of drug-likeness (QED) is 0.156. The van der Waals surface area contributed by atoms with Crippen molar-refractivity contribution in [2.45, 2.75) is 38.5 Å². The Morgan fingerprint density at radius 3 is 1.71 bits per heavy atom. The minimum Gasteiger partial charge on any atom is -0.228 e. The first-order valence-corrected chi connectivity index (χ1v) is 19.4. The van der Waals surface area contributed by atoms with Gasteiger partial charge in [0.2, 0.25) is 0 Å². The number of rotatable bonds is 8. The van der Waals surface area contributed by atoms with E-state index in [1.54, 1.807) is 0 Å². The normalized spacial score (nSPS) is 14.8. The lowest BCUT2D eigenvalue weighted by Crippen LogP contribution is -2.02. The van der Waals surface area contributed by atoms with Crippen LogP contribution < -0.4 is 0 Å². The summed E-state index contributed by atoms with van der Waals surface area (Å²) in [6.07, 6.45) is 25.7. The fourth-order valence-electron chi connectivity index (χ4n) is 7.62. The van der Waals surface area contributed by atoms with Crippen LogP contribution in [0.25, 0.3) is 72.9 Å². The topological polar surface area (TPSA) is 75.3 Å². The van der Waals surface area contributed by atoms with Gasteiger partial charge < -0.3 is 0 Å². The summed E-state index contributed by atoms with van der Waals surface area (Å²) in [5.41, 5.74) is 14.2. The van der Waals surface area contributed by atoms with Crippen molar-refractivity contribution >= 4 is 16.7 Å². The molecule has 0 saturated heterocycles. The van der Waals surface area contributed by atoms with Crippen molar-refractivity contribution in [3.05, 3.63) is 187 Å². The van der Waals surface area contributed by atoms with Crippen molar-refractivity contribution < 1.29 is 0 Å². The molecule has 5 heteroatoms. The highest BCUT2D eigenvalue weighted by Crippen LogP contribution is 2.39. The Labute approximate surface area is 328 Å². The number of nitriles is 1. The standard InChI is InChI=1S/C51H39N5/c52-34-43-28-15-29-44(39-24-13-25-40(30-39)47-32-45(35-16-5-1-6-17-35)53-50(55-47)37-20-9-3-10-21-37)49(43)42-27-14-26-41(31-42)48-33-46(36-18-7-2-8-19-36)54-51(56-48)38-22-11-4-12-23-38/h3-5,7,9,11-20,22-33H,1-2,6,8,10,21H2. The molecule has 9 rings (SSSR count). The molecule has 4 aromatic carbocycles. The largest absolute Gasteiger partial charge is 0.228 e. The molecule has 0 amide bonds. The zero-order chi connectivity index (χ0) is 37.7. The van der Waals surface area contributed by atoms with Crippen LogP contribution in [0.2, 0.25) is 0 Å². The van der Waals surface area contributed by atoms with Crippen molar-refractivity contribution in [2.24, 2.45) is 0 Å². The molecule has 0 fully saturated rings. The van der Waals surface area contributed by atoms with Crippen molar-refractivity contribution in [3.8, 4) is 62.2 Å². The maximum absolute atomic E-state index is 10.5. The van der Waals surface area contributed by atoms with E-state index in [1.165, 1.54) is 0 Å². The Bertz CT molecular complexity index is 2700. The molecule has 56 heavy (non-hydrogen) atoms. The first kappa shape index (κ1) is 34.7. The van der Waals surface area contributed by atoms with Gasteiger partial charge in [0.25, 0.3) is 0 Å². The van der Waals surface area contributed by atoms with Gasteiger partial charge in [-0.3, -0.25) is 0 Å². The van der Waals surface area contributed by atoms with Crippen molar-refractivity contribution in [3.63, 3.8) is 0 Å². The molecule has 6 aromatic rings. The fraction of sp³-hybridized carbons (Fsp3) is 0.118. The molecule has 5 nitrogen and oxygen atoms in total. The summed E-state index contributed by atoms with van der Waals surface area (Å²) >= 11 is 0. The van der Waals surface area contributed by atoms with Crippen LogP contribution in [0.1, 0.15) is 61.3 Å². The third kappa shape index (κ3) is 7.25. The molecule has 0 unspecified atom stereocenters. The number of allylic oxidation sites excluding steroid dienone is 12. The smallest absolute Gasteiger partial charge is 0.160 e. The lowest BCUT2D eigenvalue weighted by atomic mass is 9.89. The minimum absolute atomic E-state index is 0.607. The second-order valence-corrected chi connectivity index (χ2v) is 14.2. The monoisotopic (exact) mass is 721 g/mol. The number of hydrogen-bond acceptors (Lipinski definition) is 5. The van der Waals surface area contributed by atoms with Crippen molar-refractivity contribution in [2.75, 3.05) is 0 Å². The van der Waals surface area contributed by atoms with Crippen LogP contribution in [0, 0.1) is 11.3 Å². The molecule has 0 spiro atoms. The summed E-state index contributed by atoms with van der Waals surface area (Å²) in [6, 6.07) is 39.7. The van der Waals surface area contributed by atoms with Crippen LogP contribution >= 0.6 is 0 Å². The van der Waals surface area contributed by atoms with Gasteiger partial charge in [0.15, 0.2) is 11.6 Å². The lowest BCUT2D eigenvalue weighted by molar-refractivity contribution is 0.995. The van der Waals surface area contributed by atoms with Gasteiger partial charge in [0, 0.05) is 22.3 Å². The highest BCUT2D eigenvalue weighted by molar-refractivity contribution is 5.90. The van der Waals surface area contributed by atoms with E-state index in [0.29, 0.717) is 11.4 Å². The van der Waals surface area contributed by atoms with Crippen LogP contribution in [0.15, 0.2) is 164 Å². The molecule has 0 radical (unpaired) electrons. The van der Waals surface area contributed by atoms with E-state index in [1.807, 2.05) is 42.5 Å². The summed E-state index contributed by atoms with van der Waals surface area (Å²) in [5, 5.41) is 10.5. The molecule has 0 bridgehead atoms. The average Bonchev–Trinajstić information content (AvgIpc) is 3.29. The van der Waals surface area contributed by atoms with E-state index >= 15 is 0 Å². The van der Waals surface area contributed by atoms with E-state index in [2.05, 4.69) is 127 Å². The third-order valence-electron chi connectivity index (χ3n) is 10.5. The molecule has 0 atom stereocenters. The molecule has 2 aromatic heterocycles.